The first-order chi connectivity index (χ1) is 12.2. The number of carbonyl (C=O) groups is 1. The molecule has 2 atom stereocenters. The van der Waals surface area contributed by atoms with Crippen LogP contribution in [0, 0.1) is 10.6 Å². The van der Waals surface area contributed by atoms with Crippen molar-refractivity contribution in [2.24, 2.45) is 5.73 Å². The number of nitrogens with zero attached hydrogens (tertiary/aromatic N) is 2. The van der Waals surface area contributed by atoms with Gasteiger partial charge in [0.15, 0.2) is 5.72 Å². The molecular weight excluding hydrogens is 361 g/mol. The number of anilines is 2. The lowest BCUT2D eigenvalue weighted by atomic mass is 10.1. The highest BCUT2D eigenvalue weighted by Gasteiger charge is 2.47. The number of nitrogens with one attached hydrogen (secondary N) is 2. The molecule has 0 aromatic heterocycles. The molecule has 1 amide bonds. The maximum atomic E-state index is 14.7. The van der Waals surface area contributed by atoms with Gasteiger partial charge in [0.25, 0.3) is 0 Å². The van der Waals surface area contributed by atoms with Crippen LogP contribution in [-0.4, -0.2) is 60.3 Å². The SMILES string of the molecule is CN[C@]1([C@H](C)N)CN(c2ccc(N3CCS(=N)(=O)CC3)c(F)c2)C(=O)O1. The second kappa shape index (κ2) is 6.67. The quantitative estimate of drug-likeness (QED) is 0.710. The van der Waals surface area contributed by atoms with Crippen LogP contribution in [0.1, 0.15) is 6.92 Å². The van der Waals surface area contributed by atoms with E-state index >= 15 is 0 Å². The third-order valence-corrected chi connectivity index (χ3v) is 6.69. The number of nitrogens with two attached hydrogens (primary N) is 1. The van der Waals surface area contributed by atoms with Crippen LogP contribution in [0.3, 0.4) is 0 Å². The summed E-state index contributed by atoms with van der Waals surface area (Å²) < 4.78 is 39.4. The van der Waals surface area contributed by atoms with Gasteiger partial charge in [0.05, 0.1) is 24.0 Å². The van der Waals surface area contributed by atoms with E-state index in [0.717, 1.165) is 0 Å². The Morgan fingerprint density at radius 3 is 2.58 bits per heavy atom. The Bertz CT molecular complexity index is 802. The molecule has 0 spiro atoms. The van der Waals surface area contributed by atoms with E-state index in [1.165, 1.54) is 11.0 Å². The number of amides is 1. The van der Waals surface area contributed by atoms with Gasteiger partial charge in [-0.05, 0) is 32.2 Å². The third-order valence-electron chi connectivity index (χ3n) is 5.01. The van der Waals surface area contributed by atoms with Crippen LogP contribution in [0.15, 0.2) is 18.2 Å². The Balaban J connectivity index is 1.81. The number of cyclic esters (lactones) is 1. The van der Waals surface area contributed by atoms with Crippen molar-refractivity contribution >= 4 is 27.2 Å². The number of likely N-dealkylation sites (N-methyl/N-ethyl adjacent to an activating group) is 1. The van der Waals surface area contributed by atoms with Gasteiger partial charge in [0.2, 0.25) is 0 Å². The lowest BCUT2D eigenvalue weighted by molar-refractivity contribution is 0.0168. The van der Waals surface area contributed by atoms with Gasteiger partial charge in [-0.15, -0.1) is 0 Å². The minimum Gasteiger partial charge on any atom is -0.424 e. The van der Waals surface area contributed by atoms with Gasteiger partial charge in [-0.3, -0.25) is 15.0 Å². The zero-order valence-corrected chi connectivity index (χ0v) is 15.6. The molecule has 8 nitrogen and oxygen atoms in total. The Hall–Kier alpha value is -1.91. The van der Waals surface area contributed by atoms with Crippen molar-refractivity contribution in [2.45, 2.75) is 18.7 Å². The molecule has 144 valence electrons. The first kappa shape index (κ1) is 18.9. The smallest absolute Gasteiger partial charge is 0.416 e. The van der Waals surface area contributed by atoms with Crippen LogP contribution in [-0.2, 0) is 14.5 Å². The van der Waals surface area contributed by atoms with Crippen LogP contribution in [0.25, 0.3) is 0 Å². The van der Waals surface area contributed by atoms with Crippen molar-refractivity contribution in [3.05, 3.63) is 24.0 Å². The molecular formula is C16H24FN5O3S. The maximum absolute atomic E-state index is 14.7. The average molecular weight is 385 g/mol. The van der Waals surface area contributed by atoms with Crippen molar-refractivity contribution in [3.8, 4) is 0 Å². The number of benzene rings is 1. The zero-order valence-electron chi connectivity index (χ0n) is 14.8. The molecule has 0 unspecified atom stereocenters. The second-order valence-electron chi connectivity index (χ2n) is 6.73. The van der Waals surface area contributed by atoms with Crippen molar-refractivity contribution in [2.75, 3.05) is 48.0 Å². The fraction of sp³-hybridized carbons (Fsp3) is 0.562. The summed E-state index contributed by atoms with van der Waals surface area (Å²) in [4.78, 5) is 15.4. The summed E-state index contributed by atoms with van der Waals surface area (Å²) in [6.45, 7) is 2.65. The van der Waals surface area contributed by atoms with Crippen molar-refractivity contribution in [1.82, 2.24) is 5.32 Å². The fourth-order valence-electron chi connectivity index (χ4n) is 3.22. The summed E-state index contributed by atoms with van der Waals surface area (Å²) >= 11 is 0. The standard InChI is InChI=1S/C16H24FN5O3S/c1-11(18)16(20-2)10-22(15(23)25-16)12-3-4-14(13(17)9-12)21-5-7-26(19,24)8-6-21/h3-4,9,11,19-20H,5-8,10,18H2,1-2H3/t11-,16+/m0/s1. The highest BCUT2D eigenvalue weighted by atomic mass is 32.2. The Morgan fingerprint density at radius 2 is 2.08 bits per heavy atom. The van der Waals surface area contributed by atoms with Crippen molar-refractivity contribution in [3.63, 3.8) is 0 Å². The normalized spacial score (nSPS) is 26.7. The first-order valence-corrected chi connectivity index (χ1v) is 10.3. The molecule has 10 heteroatoms. The second-order valence-corrected chi connectivity index (χ2v) is 9.17. The monoisotopic (exact) mass is 385 g/mol. The Morgan fingerprint density at radius 1 is 1.42 bits per heavy atom. The molecule has 0 bridgehead atoms. The van der Waals surface area contributed by atoms with Crippen LogP contribution in [0.2, 0.25) is 0 Å². The van der Waals surface area contributed by atoms with Gasteiger partial charge >= 0.3 is 6.09 Å². The van der Waals surface area contributed by atoms with Gasteiger partial charge in [-0.2, -0.15) is 0 Å². The molecule has 4 N–H and O–H groups in total. The van der Waals surface area contributed by atoms with E-state index < -0.39 is 33.4 Å². The van der Waals surface area contributed by atoms with E-state index in [4.69, 9.17) is 15.3 Å². The summed E-state index contributed by atoms with van der Waals surface area (Å²) in [5.41, 5.74) is 5.68. The number of hydrogen-bond acceptors (Lipinski definition) is 7. The summed E-state index contributed by atoms with van der Waals surface area (Å²) in [6, 6.07) is 4.09. The maximum Gasteiger partial charge on any atom is 0.416 e. The van der Waals surface area contributed by atoms with Crippen LogP contribution >= 0.6 is 0 Å². The number of hydrogen-bond donors (Lipinski definition) is 3. The summed E-state index contributed by atoms with van der Waals surface area (Å²) in [7, 11) is -0.884. The van der Waals surface area contributed by atoms with Gasteiger partial charge < -0.3 is 15.4 Å². The number of halogens is 1. The molecule has 2 aliphatic rings. The minimum atomic E-state index is -2.54. The lowest BCUT2D eigenvalue weighted by Gasteiger charge is -2.31. The topological polar surface area (TPSA) is 112 Å². The average Bonchev–Trinajstić information content (AvgIpc) is 2.93. The summed E-state index contributed by atoms with van der Waals surface area (Å²) in [6.07, 6.45) is -0.587. The van der Waals surface area contributed by atoms with Crippen LogP contribution < -0.4 is 20.9 Å². The molecule has 2 heterocycles. The molecule has 2 aliphatic heterocycles. The highest BCUT2D eigenvalue weighted by molar-refractivity contribution is 7.92. The van der Waals surface area contributed by atoms with Crippen molar-refractivity contribution < 1.29 is 18.1 Å². The van der Waals surface area contributed by atoms with Gasteiger partial charge in [0, 0.05) is 34.3 Å². The van der Waals surface area contributed by atoms with E-state index in [0.29, 0.717) is 24.5 Å². The first-order valence-electron chi connectivity index (χ1n) is 8.41. The third kappa shape index (κ3) is 3.36. The molecule has 0 aliphatic carbocycles. The van der Waals surface area contributed by atoms with Crippen LogP contribution in [0.5, 0.6) is 0 Å². The van der Waals surface area contributed by atoms with E-state index in [2.05, 4.69) is 5.32 Å². The molecule has 26 heavy (non-hydrogen) atoms. The van der Waals surface area contributed by atoms with E-state index in [-0.39, 0.29) is 18.1 Å². The van der Waals surface area contributed by atoms with Gasteiger partial charge in [0.1, 0.15) is 5.82 Å². The van der Waals surface area contributed by atoms with Gasteiger partial charge in [-0.25, -0.2) is 13.4 Å². The highest BCUT2D eigenvalue weighted by Crippen LogP contribution is 2.31. The predicted octanol–water partition coefficient (Wildman–Crippen LogP) is 0.912. The Kier molecular flexibility index (Phi) is 4.84. The summed E-state index contributed by atoms with van der Waals surface area (Å²) in [5, 5.41) is 2.94. The Labute approximate surface area is 152 Å². The van der Waals surface area contributed by atoms with E-state index in [9.17, 15) is 13.4 Å². The molecule has 1 aromatic rings. The molecule has 2 fully saturated rings. The predicted molar refractivity (Wildman–Crippen MR) is 98.5 cm³/mol. The number of rotatable bonds is 4. The molecule has 1 aromatic carbocycles. The van der Waals surface area contributed by atoms with E-state index in [1.54, 1.807) is 31.0 Å². The van der Waals surface area contributed by atoms with Gasteiger partial charge in [-0.1, -0.05) is 0 Å². The lowest BCUT2D eigenvalue weighted by Crippen LogP contribution is -2.58. The number of carbonyl (C=O) groups excluding carboxylic acids is 1. The molecule has 0 saturated carbocycles. The largest absolute Gasteiger partial charge is 0.424 e. The summed E-state index contributed by atoms with van der Waals surface area (Å²) in [5.74, 6) is -0.0197. The van der Waals surface area contributed by atoms with Crippen LogP contribution in [0.4, 0.5) is 20.6 Å². The molecule has 0 radical (unpaired) electrons. The molecule has 2 saturated heterocycles. The van der Waals surface area contributed by atoms with Crippen molar-refractivity contribution in [1.29, 1.82) is 4.78 Å². The fourth-order valence-corrected chi connectivity index (χ4v) is 4.46. The number of ether oxygens (including phenoxy) is 1. The van der Waals surface area contributed by atoms with E-state index in [1.807, 2.05) is 0 Å². The molecule has 3 rings (SSSR count). The zero-order chi connectivity index (χ0) is 19.1. The minimum absolute atomic E-state index is 0.170.